The molecule has 3 fully saturated rings. The van der Waals surface area contributed by atoms with Gasteiger partial charge in [0.2, 0.25) is 5.91 Å². The lowest BCUT2D eigenvalue weighted by Crippen LogP contribution is -2.47. The number of sulfone groups is 1. The molecule has 0 spiro atoms. The van der Waals surface area contributed by atoms with Crippen LogP contribution >= 0.6 is 11.8 Å². The summed E-state index contributed by atoms with van der Waals surface area (Å²) in [7, 11) is -1.05. The lowest BCUT2D eigenvalue weighted by molar-refractivity contribution is -0.132. The van der Waals surface area contributed by atoms with Crippen LogP contribution in [0.15, 0.2) is 5.16 Å². The summed E-state index contributed by atoms with van der Waals surface area (Å²) in [5.41, 5.74) is 0. The summed E-state index contributed by atoms with van der Waals surface area (Å²) in [4.78, 5) is 14.9. The monoisotopic (exact) mass is 398 g/mol. The summed E-state index contributed by atoms with van der Waals surface area (Å²) in [5.74, 6) is 2.19. The number of amides is 1. The fraction of sp³-hybridized carbons (Fsp3) is 0.824. The molecule has 7 nitrogen and oxygen atoms in total. The highest BCUT2D eigenvalue weighted by Gasteiger charge is 2.39. The van der Waals surface area contributed by atoms with E-state index in [1.54, 1.807) is 0 Å². The van der Waals surface area contributed by atoms with Crippen molar-refractivity contribution in [3.8, 4) is 0 Å². The first-order chi connectivity index (χ1) is 12.4. The average molecular weight is 399 g/mol. The average Bonchev–Trinajstić information content (AvgIpc) is 2.99. The van der Waals surface area contributed by atoms with Crippen molar-refractivity contribution in [2.24, 2.45) is 7.05 Å². The number of nitrogens with zero attached hydrogens (tertiary/aromatic N) is 4. The van der Waals surface area contributed by atoms with Gasteiger partial charge in [-0.25, -0.2) is 8.42 Å². The van der Waals surface area contributed by atoms with Crippen molar-refractivity contribution in [2.75, 3.05) is 17.3 Å². The molecule has 0 aromatic carbocycles. The number of hydrogen-bond acceptors (Lipinski definition) is 6. The van der Waals surface area contributed by atoms with Crippen LogP contribution in [0.1, 0.15) is 56.7 Å². The Bertz CT molecular complexity index is 782. The molecule has 2 heterocycles. The second-order valence-electron chi connectivity index (χ2n) is 7.76. The molecule has 1 atom stereocenters. The molecule has 144 valence electrons. The van der Waals surface area contributed by atoms with Crippen LogP contribution in [0.5, 0.6) is 0 Å². The van der Waals surface area contributed by atoms with Crippen LogP contribution in [0.2, 0.25) is 0 Å². The number of thioether (sulfide) groups is 1. The number of hydrogen-bond donors (Lipinski definition) is 0. The molecule has 1 aromatic rings. The lowest BCUT2D eigenvalue weighted by Gasteiger charge is -2.34. The van der Waals surface area contributed by atoms with Gasteiger partial charge in [-0.1, -0.05) is 24.6 Å². The fourth-order valence-electron chi connectivity index (χ4n) is 4.23. The van der Waals surface area contributed by atoms with Gasteiger partial charge in [-0.2, -0.15) is 0 Å². The van der Waals surface area contributed by atoms with Crippen LogP contribution in [0.3, 0.4) is 0 Å². The third-order valence-electron chi connectivity index (χ3n) is 5.74. The minimum Gasteiger partial charge on any atom is -0.335 e. The van der Waals surface area contributed by atoms with Crippen molar-refractivity contribution in [2.45, 2.75) is 68.1 Å². The fourth-order valence-corrected chi connectivity index (χ4v) is 6.73. The van der Waals surface area contributed by atoms with E-state index in [1.807, 2.05) is 16.5 Å². The van der Waals surface area contributed by atoms with E-state index in [2.05, 4.69) is 10.2 Å². The smallest absolute Gasteiger partial charge is 0.233 e. The van der Waals surface area contributed by atoms with Gasteiger partial charge in [-0.05, 0) is 32.1 Å². The summed E-state index contributed by atoms with van der Waals surface area (Å²) < 4.78 is 25.8. The van der Waals surface area contributed by atoms with E-state index in [0.29, 0.717) is 18.1 Å². The minimum atomic E-state index is -3.00. The topological polar surface area (TPSA) is 85.2 Å². The highest BCUT2D eigenvalue weighted by molar-refractivity contribution is 7.99. The summed E-state index contributed by atoms with van der Waals surface area (Å²) in [6.45, 7) is 0. The number of rotatable bonds is 6. The highest BCUT2D eigenvalue weighted by atomic mass is 32.2. The van der Waals surface area contributed by atoms with E-state index in [4.69, 9.17) is 0 Å². The molecule has 0 N–H and O–H groups in total. The molecule has 26 heavy (non-hydrogen) atoms. The Kier molecular flexibility index (Phi) is 5.02. The molecule has 9 heteroatoms. The summed E-state index contributed by atoms with van der Waals surface area (Å²) in [5, 5.41) is 9.27. The van der Waals surface area contributed by atoms with E-state index >= 15 is 0 Å². The predicted molar refractivity (Wildman–Crippen MR) is 99.9 cm³/mol. The van der Waals surface area contributed by atoms with E-state index in [-0.39, 0.29) is 29.5 Å². The van der Waals surface area contributed by atoms with Gasteiger partial charge >= 0.3 is 0 Å². The van der Waals surface area contributed by atoms with Crippen molar-refractivity contribution in [1.29, 1.82) is 0 Å². The second-order valence-corrected chi connectivity index (χ2v) is 10.9. The molecular formula is C17H26N4O3S2. The third-order valence-corrected chi connectivity index (χ3v) is 8.50. The maximum Gasteiger partial charge on any atom is 0.233 e. The number of carbonyl (C=O) groups excluding carboxylic acids is 1. The van der Waals surface area contributed by atoms with E-state index in [0.717, 1.165) is 36.7 Å². The standard InChI is InChI=1S/C17H26N4O3S2/c1-20-16(12-6-7-12)18-19-17(20)25-10-15(22)21(13-4-2-3-5-13)14-8-9-26(23,24)11-14/h12-14H,2-11H2,1H3/t14-/m1/s1. The van der Waals surface area contributed by atoms with Crippen molar-refractivity contribution in [1.82, 2.24) is 19.7 Å². The Hall–Kier alpha value is -1.09. The van der Waals surface area contributed by atoms with E-state index in [9.17, 15) is 13.2 Å². The molecule has 4 rings (SSSR count). The van der Waals surface area contributed by atoms with Crippen molar-refractivity contribution in [3.63, 3.8) is 0 Å². The number of aromatic nitrogens is 3. The maximum atomic E-state index is 13.0. The van der Waals surface area contributed by atoms with Gasteiger partial charge in [0.05, 0.1) is 17.3 Å². The maximum absolute atomic E-state index is 13.0. The Morgan fingerprint density at radius 3 is 2.50 bits per heavy atom. The molecule has 1 aliphatic heterocycles. The summed E-state index contributed by atoms with van der Waals surface area (Å²) in [6, 6.07) is 0.0423. The Morgan fingerprint density at radius 1 is 1.15 bits per heavy atom. The molecule has 0 unspecified atom stereocenters. The van der Waals surface area contributed by atoms with Crippen LogP contribution in [0, 0.1) is 0 Å². The second kappa shape index (κ2) is 7.14. The SMILES string of the molecule is Cn1c(SCC(=O)N(C2CCCC2)[C@@H]2CCS(=O)(=O)C2)nnc1C1CC1. The molecule has 0 radical (unpaired) electrons. The number of carbonyl (C=O) groups is 1. The molecular weight excluding hydrogens is 372 g/mol. The molecule has 2 saturated carbocycles. The summed E-state index contributed by atoms with van der Waals surface area (Å²) >= 11 is 1.42. The first kappa shape index (κ1) is 18.3. The quantitative estimate of drug-likeness (QED) is 0.679. The molecule has 2 aliphatic carbocycles. The molecule has 3 aliphatic rings. The van der Waals surface area contributed by atoms with Gasteiger partial charge in [-0.3, -0.25) is 4.79 Å². The summed E-state index contributed by atoms with van der Waals surface area (Å²) in [6.07, 6.45) is 7.13. The molecule has 0 bridgehead atoms. The Balaban J connectivity index is 1.44. The van der Waals surface area contributed by atoms with Gasteiger partial charge in [0.25, 0.3) is 0 Å². The van der Waals surface area contributed by atoms with Gasteiger partial charge < -0.3 is 9.47 Å². The largest absolute Gasteiger partial charge is 0.335 e. The van der Waals surface area contributed by atoms with Gasteiger partial charge in [0, 0.05) is 25.0 Å². The molecule has 1 saturated heterocycles. The molecule has 1 amide bonds. The van der Waals surface area contributed by atoms with E-state index in [1.165, 1.54) is 24.6 Å². The zero-order valence-corrected chi connectivity index (χ0v) is 16.8. The Labute approximate surface area is 158 Å². The third kappa shape index (κ3) is 3.78. The zero-order chi connectivity index (χ0) is 18.3. The van der Waals surface area contributed by atoms with Crippen molar-refractivity contribution in [3.05, 3.63) is 5.82 Å². The van der Waals surface area contributed by atoms with E-state index < -0.39 is 9.84 Å². The van der Waals surface area contributed by atoms with Crippen molar-refractivity contribution < 1.29 is 13.2 Å². The minimum absolute atomic E-state index is 0.0416. The van der Waals surface area contributed by atoms with Crippen LogP contribution < -0.4 is 0 Å². The first-order valence-electron chi connectivity index (χ1n) is 9.48. The van der Waals surface area contributed by atoms with Crippen LogP contribution in [-0.4, -0.2) is 63.3 Å². The van der Waals surface area contributed by atoms with Gasteiger partial charge in [0.15, 0.2) is 15.0 Å². The molecule has 1 aromatic heterocycles. The predicted octanol–water partition coefficient (Wildman–Crippen LogP) is 1.74. The first-order valence-corrected chi connectivity index (χ1v) is 12.3. The van der Waals surface area contributed by atoms with Crippen LogP contribution in [0.25, 0.3) is 0 Å². The van der Waals surface area contributed by atoms with Crippen LogP contribution in [-0.2, 0) is 21.7 Å². The normalized spacial score (nSPS) is 25.7. The zero-order valence-electron chi connectivity index (χ0n) is 15.1. The van der Waals surface area contributed by atoms with Gasteiger partial charge in [0.1, 0.15) is 5.82 Å². The van der Waals surface area contributed by atoms with Gasteiger partial charge in [-0.15, -0.1) is 10.2 Å². The Morgan fingerprint density at radius 2 is 1.88 bits per heavy atom. The lowest BCUT2D eigenvalue weighted by atomic mass is 10.1. The van der Waals surface area contributed by atoms with Crippen molar-refractivity contribution >= 4 is 27.5 Å². The van der Waals surface area contributed by atoms with Crippen LogP contribution in [0.4, 0.5) is 0 Å². The highest BCUT2D eigenvalue weighted by Crippen LogP contribution is 2.39.